The molecule has 0 aliphatic carbocycles. The van der Waals surface area contributed by atoms with E-state index < -0.39 is 17.7 Å². The van der Waals surface area contributed by atoms with Gasteiger partial charge in [-0.05, 0) is 35.9 Å². The van der Waals surface area contributed by atoms with E-state index in [9.17, 15) is 14.0 Å². The first-order valence-electron chi connectivity index (χ1n) is 6.76. The van der Waals surface area contributed by atoms with Crippen LogP contribution >= 0.6 is 0 Å². The molecule has 0 heterocycles. The Kier molecular flexibility index (Phi) is 5.36. The third-order valence-corrected chi connectivity index (χ3v) is 3.05. The Morgan fingerprint density at radius 1 is 1.25 bits per heavy atom. The van der Waals surface area contributed by atoms with Crippen molar-refractivity contribution in [3.05, 3.63) is 70.5 Å². The molecule has 0 aromatic heterocycles. The van der Waals surface area contributed by atoms with Gasteiger partial charge >= 0.3 is 5.97 Å². The Morgan fingerprint density at radius 3 is 2.54 bits per heavy atom. The van der Waals surface area contributed by atoms with Crippen molar-refractivity contribution in [1.29, 1.82) is 5.26 Å². The molecule has 2 aromatic carbocycles. The van der Waals surface area contributed by atoms with E-state index in [0.717, 1.165) is 6.07 Å². The lowest BCUT2D eigenvalue weighted by Crippen LogP contribution is -2.19. The molecular formula is C17H12FN3O3. The molecule has 0 spiro atoms. The van der Waals surface area contributed by atoms with Crippen LogP contribution in [0.25, 0.3) is 0 Å². The molecule has 7 heteroatoms. The Bertz CT molecular complexity index is 839. The van der Waals surface area contributed by atoms with E-state index in [1.54, 1.807) is 30.3 Å². The monoisotopic (exact) mass is 325 g/mol. The van der Waals surface area contributed by atoms with Crippen molar-refractivity contribution < 1.29 is 18.7 Å². The Morgan fingerprint density at radius 2 is 1.96 bits per heavy atom. The van der Waals surface area contributed by atoms with Gasteiger partial charge < -0.3 is 4.74 Å². The van der Waals surface area contributed by atoms with Crippen LogP contribution in [0.3, 0.4) is 0 Å². The minimum absolute atomic E-state index is 0.123. The number of hydrogen-bond acceptors (Lipinski definition) is 5. The molecule has 2 aromatic rings. The third-order valence-electron chi connectivity index (χ3n) is 3.05. The fourth-order valence-electron chi connectivity index (χ4n) is 1.82. The quantitative estimate of drug-likeness (QED) is 0.530. The van der Waals surface area contributed by atoms with Gasteiger partial charge in [-0.3, -0.25) is 4.79 Å². The number of halogens is 1. The number of ether oxygens (including phenoxy) is 1. The van der Waals surface area contributed by atoms with Crippen LogP contribution < -0.4 is 5.43 Å². The topological polar surface area (TPSA) is 91.5 Å². The third kappa shape index (κ3) is 4.01. The molecule has 24 heavy (non-hydrogen) atoms. The lowest BCUT2D eigenvalue weighted by Gasteiger charge is -2.02. The number of rotatable bonds is 4. The highest BCUT2D eigenvalue weighted by Crippen LogP contribution is 2.10. The van der Waals surface area contributed by atoms with Gasteiger partial charge in [0.1, 0.15) is 5.82 Å². The Balaban J connectivity index is 2.02. The molecule has 0 unspecified atom stereocenters. The number of nitriles is 1. The molecule has 0 fully saturated rings. The highest BCUT2D eigenvalue weighted by atomic mass is 19.1. The van der Waals surface area contributed by atoms with E-state index in [1.165, 1.54) is 25.5 Å². The molecule has 0 saturated heterocycles. The first-order chi connectivity index (χ1) is 11.5. The smallest absolute Gasteiger partial charge is 0.337 e. The number of nitrogens with zero attached hydrogens (tertiary/aromatic N) is 2. The second-order valence-electron chi connectivity index (χ2n) is 4.62. The van der Waals surface area contributed by atoms with E-state index in [1.807, 2.05) is 0 Å². The minimum Gasteiger partial charge on any atom is -0.465 e. The highest BCUT2D eigenvalue weighted by molar-refractivity contribution is 5.95. The van der Waals surface area contributed by atoms with Crippen LogP contribution in [0.1, 0.15) is 31.8 Å². The van der Waals surface area contributed by atoms with Crippen LogP contribution in [0, 0.1) is 17.1 Å². The van der Waals surface area contributed by atoms with E-state index in [4.69, 9.17) is 5.26 Å². The zero-order valence-electron chi connectivity index (χ0n) is 12.6. The van der Waals surface area contributed by atoms with Crippen LogP contribution in [0.4, 0.5) is 4.39 Å². The van der Waals surface area contributed by atoms with Gasteiger partial charge in [0.2, 0.25) is 0 Å². The van der Waals surface area contributed by atoms with Crippen molar-refractivity contribution in [1.82, 2.24) is 5.43 Å². The number of nitrogens with one attached hydrogen (secondary N) is 1. The predicted octanol–water partition coefficient (Wildman–Crippen LogP) is 2.25. The summed E-state index contributed by atoms with van der Waals surface area (Å²) in [6.45, 7) is 0. The van der Waals surface area contributed by atoms with Gasteiger partial charge in [-0.2, -0.15) is 10.4 Å². The van der Waals surface area contributed by atoms with Crippen LogP contribution in [0.5, 0.6) is 0 Å². The number of methoxy groups -OCH3 is 1. The summed E-state index contributed by atoms with van der Waals surface area (Å²) in [7, 11) is 1.29. The van der Waals surface area contributed by atoms with Crippen molar-refractivity contribution in [3.63, 3.8) is 0 Å². The number of hydrazone groups is 1. The van der Waals surface area contributed by atoms with Gasteiger partial charge in [0.25, 0.3) is 5.91 Å². The fraction of sp³-hybridized carbons (Fsp3) is 0.0588. The van der Waals surface area contributed by atoms with Gasteiger partial charge in [-0.15, -0.1) is 0 Å². The summed E-state index contributed by atoms with van der Waals surface area (Å²) in [6, 6.07) is 11.6. The SMILES string of the molecule is COC(=O)c1ccc(C=NNC(=O)c2ccc(C#N)cc2F)cc1. The Labute approximate surface area is 137 Å². The number of amides is 1. The van der Waals surface area contributed by atoms with E-state index in [2.05, 4.69) is 15.3 Å². The first kappa shape index (κ1) is 16.8. The molecule has 0 saturated carbocycles. The number of hydrogen-bond donors (Lipinski definition) is 1. The van der Waals surface area contributed by atoms with Crippen molar-refractivity contribution in [3.8, 4) is 6.07 Å². The van der Waals surface area contributed by atoms with Gasteiger partial charge in [0.15, 0.2) is 0 Å². The summed E-state index contributed by atoms with van der Waals surface area (Å²) in [5.74, 6) is -1.99. The number of benzene rings is 2. The van der Waals surface area contributed by atoms with Crippen LogP contribution in [-0.2, 0) is 4.74 Å². The number of carbonyl (C=O) groups is 2. The summed E-state index contributed by atoms with van der Waals surface area (Å²) < 4.78 is 18.3. The largest absolute Gasteiger partial charge is 0.465 e. The van der Waals surface area contributed by atoms with Crippen LogP contribution in [0.2, 0.25) is 0 Å². The molecule has 0 radical (unpaired) electrons. The zero-order chi connectivity index (χ0) is 17.5. The average Bonchev–Trinajstić information content (AvgIpc) is 2.61. The zero-order valence-corrected chi connectivity index (χ0v) is 12.6. The number of esters is 1. The van der Waals surface area contributed by atoms with Gasteiger partial charge in [0, 0.05) is 0 Å². The summed E-state index contributed by atoms with van der Waals surface area (Å²) in [4.78, 5) is 23.1. The Hall–Kier alpha value is -3.53. The van der Waals surface area contributed by atoms with E-state index in [-0.39, 0.29) is 11.1 Å². The molecule has 0 aliphatic heterocycles. The first-order valence-corrected chi connectivity index (χ1v) is 6.76. The van der Waals surface area contributed by atoms with Crippen LogP contribution in [0.15, 0.2) is 47.6 Å². The summed E-state index contributed by atoms with van der Waals surface area (Å²) in [5, 5.41) is 12.4. The second kappa shape index (κ2) is 7.65. The maximum absolute atomic E-state index is 13.7. The summed E-state index contributed by atoms with van der Waals surface area (Å²) >= 11 is 0. The predicted molar refractivity (Wildman–Crippen MR) is 84.0 cm³/mol. The number of carbonyl (C=O) groups excluding carboxylic acids is 2. The highest BCUT2D eigenvalue weighted by Gasteiger charge is 2.11. The summed E-state index contributed by atoms with van der Waals surface area (Å²) in [6.07, 6.45) is 1.35. The lowest BCUT2D eigenvalue weighted by atomic mass is 10.1. The molecule has 6 nitrogen and oxygen atoms in total. The standard InChI is InChI=1S/C17H12FN3O3/c1-24-17(23)13-5-2-11(3-6-13)10-20-21-16(22)14-7-4-12(9-19)8-15(14)18/h2-8,10H,1H3,(H,21,22). The fourth-order valence-corrected chi connectivity index (χ4v) is 1.82. The van der Waals surface area contributed by atoms with Gasteiger partial charge in [0.05, 0.1) is 36.1 Å². The van der Waals surface area contributed by atoms with Crippen molar-refractivity contribution >= 4 is 18.1 Å². The minimum atomic E-state index is -0.802. The summed E-state index contributed by atoms with van der Waals surface area (Å²) in [5.41, 5.74) is 3.11. The lowest BCUT2D eigenvalue weighted by molar-refractivity contribution is 0.0600. The van der Waals surface area contributed by atoms with E-state index >= 15 is 0 Å². The van der Waals surface area contributed by atoms with E-state index in [0.29, 0.717) is 11.1 Å². The molecule has 120 valence electrons. The maximum atomic E-state index is 13.7. The molecule has 1 amide bonds. The van der Waals surface area contributed by atoms with Crippen LogP contribution in [-0.4, -0.2) is 25.2 Å². The van der Waals surface area contributed by atoms with Gasteiger partial charge in [-0.25, -0.2) is 14.6 Å². The molecular weight excluding hydrogens is 313 g/mol. The molecule has 0 atom stereocenters. The average molecular weight is 325 g/mol. The normalized spacial score (nSPS) is 10.2. The molecule has 2 rings (SSSR count). The molecule has 0 aliphatic rings. The maximum Gasteiger partial charge on any atom is 0.337 e. The van der Waals surface area contributed by atoms with Gasteiger partial charge in [-0.1, -0.05) is 12.1 Å². The van der Waals surface area contributed by atoms with Crippen molar-refractivity contribution in [2.45, 2.75) is 0 Å². The molecule has 0 bridgehead atoms. The second-order valence-corrected chi connectivity index (χ2v) is 4.62. The molecule has 1 N–H and O–H groups in total. The van der Waals surface area contributed by atoms with Crippen molar-refractivity contribution in [2.24, 2.45) is 5.10 Å². The van der Waals surface area contributed by atoms with Crippen molar-refractivity contribution in [2.75, 3.05) is 7.11 Å².